The van der Waals surface area contributed by atoms with Crippen LogP contribution in [0.4, 0.5) is 11.4 Å². The maximum atomic E-state index is 6.50. The molecule has 0 fully saturated rings. The summed E-state index contributed by atoms with van der Waals surface area (Å²) in [4.78, 5) is 9.78. The number of nitrogens with zero attached hydrogens (tertiary/aromatic N) is 2. The predicted molar refractivity (Wildman–Crippen MR) is 116 cm³/mol. The van der Waals surface area contributed by atoms with E-state index in [-0.39, 0.29) is 6.04 Å². The molecule has 1 heterocycles. The highest BCUT2D eigenvalue weighted by Gasteiger charge is 2.32. The lowest BCUT2D eigenvalue weighted by Gasteiger charge is -2.30. The number of halogens is 1. The maximum absolute atomic E-state index is 6.50. The molecule has 0 spiro atoms. The molecule has 128 valence electrons. The minimum absolute atomic E-state index is 0.0641. The lowest BCUT2D eigenvalue weighted by Crippen LogP contribution is -2.24. The zero-order valence-electron chi connectivity index (χ0n) is 14.3. The normalized spacial score (nSPS) is 18.2. The zero-order valence-corrected chi connectivity index (χ0v) is 17.3. The standard InChI is InChI=1S/C20H20IN3S/c1-3-24(4-2)12-9-10-15-16(11-12)25-20-17(21)18(22)13-7-5-6-8-14(13)19(20)23-15/h5-11,18H,3-4,22H2,1-2H3. The van der Waals surface area contributed by atoms with Crippen molar-refractivity contribution in [1.29, 1.82) is 0 Å². The van der Waals surface area contributed by atoms with Gasteiger partial charge in [0.15, 0.2) is 0 Å². The van der Waals surface area contributed by atoms with Crippen molar-refractivity contribution in [2.24, 2.45) is 10.7 Å². The van der Waals surface area contributed by atoms with Crippen molar-refractivity contribution in [3.63, 3.8) is 0 Å². The van der Waals surface area contributed by atoms with Gasteiger partial charge in [0.2, 0.25) is 0 Å². The fraction of sp³-hybridized carbons (Fsp3) is 0.250. The van der Waals surface area contributed by atoms with E-state index in [4.69, 9.17) is 10.7 Å². The van der Waals surface area contributed by atoms with Crippen LogP contribution >= 0.6 is 34.4 Å². The molecule has 4 rings (SSSR count). The van der Waals surface area contributed by atoms with Crippen LogP contribution in [0.5, 0.6) is 0 Å². The second kappa shape index (κ2) is 6.78. The minimum atomic E-state index is -0.0641. The van der Waals surface area contributed by atoms with Crippen molar-refractivity contribution in [2.45, 2.75) is 24.8 Å². The average molecular weight is 461 g/mol. The lowest BCUT2D eigenvalue weighted by molar-refractivity contribution is 0.864. The molecule has 1 unspecified atom stereocenters. The first-order chi connectivity index (χ1) is 12.1. The van der Waals surface area contributed by atoms with E-state index in [1.54, 1.807) is 11.8 Å². The highest BCUT2D eigenvalue weighted by atomic mass is 127. The van der Waals surface area contributed by atoms with E-state index in [1.165, 1.54) is 24.6 Å². The Hall–Kier alpha value is -1.31. The number of hydrogen-bond donors (Lipinski definition) is 1. The fourth-order valence-electron chi connectivity index (χ4n) is 3.40. The van der Waals surface area contributed by atoms with Gasteiger partial charge in [-0.05, 0) is 60.2 Å². The zero-order chi connectivity index (χ0) is 17.6. The summed E-state index contributed by atoms with van der Waals surface area (Å²) < 4.78 is 1.18. The first-order valence-electron chi connectivity index (χ1n) is 8.54. The van der Waals surface area contributed by atoms with Gasteiger partial charge in [0.05, 0.1) is 17.4 Å². The summed E-state index contributed by atoms with van der Waals surface area (Å²) in [6.45, 7) is 6.39. The molecule has 1 aliphatic heterocycles. The second-order valence-corrected chi connectivity index (χ2v) is 8.34. The molecule has 0 bridgehead atoms. The molecule has 0 amide bonds. The van der Waals surface area contributed by atoms with Crippen LogP contribution in [0.25, 0.3) is 0 Å². The first kappa shape index (κ1) is 17.1. The summed E-state index contributed by atoms with van der Waals surface area (Å²) in [5.74, 6) is 0. The predicted octanol–water partition coefficient (Wildman–Crippen LogP) is 5.42. The van der Waals surface area contributed by atoms with Gasteiger partial charge in [-0.1, -0.05) is 36.0 Å². The van der Waals surface area contributed by atoms with E-state index in [2.05, 4.69) is 83.8 Å². The number of aliphatic imine (C=N–C) groups is 1. The molecule has 1 atom stereocenters. The van der Waals surface area contributed by atoms with Gasteiger partial charge in [0.1, 0.15) is 0 Å². The van der Waals surface area contributed by atoms with Crippen molar-refractivity contribution >= 4 is 51.4 Å². The van der Waals surface area contributed by atoms with E-state index >= 15 is 0 Å². The SMILES string of the molecule is CCN(CC)c1ccc2c(c1)SC1=C(I)C(N)c3ccccc3C1=N2. The lowest BCUT2D eigenvalue weighted by atomic mass is 9.91. The summed E-state index contributed by atoms with van der Waals surface area (Å²) in [5, 5.41) is 0. The first-order valence-corrected chi connectivity index (χ1v) is 10.4. The smallest absolute Gasteiger partial charge is 0.0860 e. The Kier molecular flexibility index (Phi) is 4.64. The van der Waals surface area contributed by atoms with E-state index in [0.717, 1.165) is 30.1 Å². The van der Waals surface area contributed by atoms with Crippen molar-refractivity contribution in [1.82, 2.24) is 0 Å². The molecule has 2 aliphatic rings. The molecule has 3 nitrogen and oxygen atoms in total. The molecule has 0 saturated heterocycles. The van der Waals surface area contributed by atoms with Gasteiger partial charge in [0.25, 0.3) is 0 Å². The van der Waals surface area contributed by atoms with Crippen molar-refractivity contribution in [2.75, 3.05) is 18.0 Å². The Morgan fingerprint density at radius 1 is 1.16 bits per heavy atom. The monoisotopic (exact) mass is 461 g/mol. The molecule has 2 aromatic carbocycles. The Bertz CT molecular complexity index is 900. The van der Waals surface area contributed by atoms with Crippen LogP contribution < -0.4 is 10.6 Å². The maximum Gasteiger partial charge on any atom is 0.0860 e. The Labute approximate surface area is 166 Å². The number of nitrogens with two attached hydrogens (primary N) is 1. The average Bonchev–Trinajstić information content (AvgIpc) is 2.66. The van der Waals surface area contributed by atoms with Crippen molar-refractivity contribution in [3.8, 4) is 0 Å². The van der Waals surface area contributed by atoms with Gasteiger partial charge in [0, 0.05) is 37.7 Å². The van der Waals surface area contributed by atoms with Gasteiger partial charge in [-0.3, -0.25) is 0 Å². The number of hydrogen-bond acceptors (Lipinski definition) is 4. The van der Waals surface area contributed by atoms with Gasteiger partial charge in [-0.25, -0.2) is 4.99 Å². The number of fused-ring (bicyclic) bond motifs is 4. The minimum Gasteiger partial charge on any atom is -0.372 e. The molecule has 25 heavy (non-hydrogen) atoms. The van der Waals surface area contributed by atoms with Gasteiger partial charge in [-0.2, -0.15) is 0 Å². The summed E-state index contributed by atoms with van der Waals surface area (Å²) in [6.07, 6.45) is 0. The van der Waals surface area contributed by atoms with Crippen LogP contribution in [0.2, 0.25) is 0 Å². The van der Waals surface area contributed by atoms with E-state index in [1.807, 2.05) is 0 Å². The number of rotatable bonds is 3. The van der Waals surface area contributed by atoms with Crippen LogP contribution in [0.3, 0.4) is 0 Å². The molecular formula is C20H20IN3S. The number of anilines is 1. The van der Waals surface area contributed by atoms with Gasteiger partial charge >= 0.3 is 0 Å². The molecule has 0 aromatic heterocycles. The third kappa shape index (κ3) is 2.82. The summed E-state index contributed by atoms with van der Waals surface area (Å²) >= 11 is 4.20. The van der Waals surface area contributed by atoms with E-state index in [9.17, 15) is 0 Å². The van der Waals surface area contributed by atoms with Gasteiger partial charge < -0.3 is 10.6 Å². The highest BCUT2D eigenvalue weighted by molar-refractivity contribution is 14.1. The Morgan fingerprint density at radius 3 is 2.68 bits per heavy atom. The molecule has 1 aliphatic carbocycles. The number of benzene rings is 2. The third-order valence-corrected chi connectivity index (χ3v) is 7.51. The fourth-order valence-corrected chi connectivity index (χ4v) is 5.41. The van der Waals surface area contributed by atoms with E-state index < -0.39 is 0 Å². The molecular weight excluding hydrogens is 441 g/mol. The van der Waals surface area contributed by atoms with Crippen LogP contribution in [-0.2, 0) is 0 Å². The molecule has 0 saturated carbocycles. The number of allylic oxidation sites excluding steroid dienone is 1. The second-order valence-electron chi connectivity index (χ2n) is 6.13. The largest absolute Gasteiger partial charge is 0.372 e. The van der Waals surface area contributed by atoms with E-state index in [0.29, 0.717) is 0 Å². The Balaban J connectivity index is 1.86. The van der Waals surface area contributed by atoms with Crippen LogP contribution in [0.1, 0.15) is 31.0 Å². The van der Waals surface area contributed by atoms with Crippen LogP contribution in [0.15, 0.2) is 60.8 Å². The number of thioether (sulfide) groups is 1. The Morgan fingerprint density at radius 2 is 1.92 bits per heavy atom. The topological polar surface area (TPSA) is 41.6 Å². The summed E-state index contributed by atoms with van der Waals surface area (Å²) in [5.41, 5.74) is 12.2. The summed E-state index contributed by atoms with van der Waals surface area (Å²) in [6, 6.07) is 14.9. The molecule has 2 aromatic rings. The molecule has 2 N–H and O–H groups in total. The summed E-state index contributed by atoms with van der Waals surface area (Å²) in [7, 11) is 0. The highest BCUT2D eigenvalue weighted by Crippen LogP contribution is 2.50. The van der Waals surface area contributed by atoms with Crippen molar-refractivity contribution in [3.05, 3.63) is 62.1 Å². The molecule has 5 heteroatoms. The van der Waals surface area contributed by atoms with Gasteiger partial charge in [-0.15, -0.1) is 0 Å². The third-order valence-electron chi connectivity index (χ3n) is 4.77. The quantitative estimate of drug-likeness (QED) is 0.621. The van der Waals surface area contributed by atoms with Crippen LogP contribution in [0, 0.1) is 0 Å². The van der Waals surface area contributed by atoms with Crippen molar-refractivity contribution < 1.29 is 0 Å². The molecule has 0 radical (unpaired) electrons. The van der Waals surface area contributed by atoms with Crippen LogP contribution in [-0.4, -0.2) is 18.8 Å².